The van der Waals surface area contributed by atoms with Crippen molar-refractivity contribution in [2.24, 2.45) is 0 Å². The fourth-order valence-corrected chi connectivity index (χ4v) is 1.20. The van der Waals surface area contributed by atoms with Crippen molar-refractivity contribution >= 4 is 0 Å². The van der Waals surface area contributed by atoms with Gasteiger partial charge in [-0.3, -0.25) is 4.98 Å². The van der Waals surface area contributed by atoms with Crippen LogP contribution in [0.3, 0.4) is 0 Å². The molecule has 0 spiro atoms. The second-order valence-corrected chi connectivity index (χ2v) is 3.45. The molecule has 0 saturated heterocycles. The van der Waals surface area contributed by atoms with Gasteiger partial charge >= 0.3 is 0 Å². The van der Waals surface area contributed by atoms with Gasteiger partial charge in [0.25, 0.3) is 0 Å². The first-order valence-electron chi connectivity index (χ1n) is 5.13. The minimum atomic E-state index is -0.299. The Labute approximate surface area is 89.7 Å². The molecule has 4 heteroatoms. The van der Waals surface area contributed by atoms with Crippen LogP contribution in [-0.2, 0) is 11.3 Å². The fourth-order valence-electron chi connectivity index (χ4n) is 1.20. The number of nitrogens with zero attached hydrogens (tertiary/aromatic N) is 1. The number of pyridine rings is 1. The van der Waals surface area contributed by atoms with E-state index in [1.165, 1.54) is 12.3 Å². The molecule has 1 heterocycles. The van der Waals surface area contributed by atoms with Crippen LogP contribution in [0.1, 0.15) is 19.4 Å². The maximum absolute atomic E-state index is 12.8. The lowest BCUT2D eigenvalue weighted by Crippen LogP contribution is -2.30. The number of rotatable bonds is 6. The second-order valence-electron chi connectivity index (χ2n) is 3.45. The first-order chi connectivity index (χ1) is 7.22. The number of aromatic nitrogens is 1. The Balaban J connectivity index is 2.30. The molecular formula is C11H17FN2O. The lowest BCUT2D eigenvalue weighted by Gasteiger charge is -2.13. The molecule has 1 unspecified atom stereocenters. The standard InChI is InChI=1S/C11H17FN2O/c1-3-15-8-9(2)14-6-10-4-11(12)7-13-5-10/h4-5,7,9,14H,3,6,8H2,1-2H3. The van der Waals surface area contributed by atoms with Crippen LogP contribution in [0.2, 0.25) is 0 Å². The van der Waals surface area contributed by atoms with Gasteiger partial charge in [-0.1, -0.05) is 0 Å². The molecule has 0 aliphatic carbocycles. The molecule has 0 aromatic carbocycles. The fraction of sp³-hybridized carbons (Fsp3) is 0.545. The van der Waals surface area contributed by atoms with E-state index in [-0.39, 0.29) is 11.9 Å². The molecule has 1 atom stereocenters. The van der Waals surface area contributed by atoms with E-state index in [0.717, 1.165) is 5.56 Å². The van der Waals surface area contributed by atoms with Crippen molar-refractivity contribution in [2.75, 3.05) is 13.2 Å². The molecule has 0 radical (unpaired) electrons. The summed E-state index contributed by atoms with van der Waals surface area (Å²) in [6, 6.07) is 1.74. The summed E-state index contributed by atoms with van der Waals surface area (Å²) in [7, 11) is 0. The molecule has 0 aliphatic rings. The van der Waals surface area contributed by atoms with E-state index in [4.69, 9.17) is 4.74 Å². The largest absolute Gasteiger partial charge is 0.380 e. The zero-order valence-corrected chi connectivity index (χ0v) is 9.16. The molecule has 0 fully saturated rings. The average Bonchev–Trinajstić information content (AvgIpc) is 2.23. The van der Waals surface area contributed by atoms with Gasteiger partial charge in [0.1, 0.15) is 5.82 Å². The van der Waals surface area contributed by atoms with Gasteiger partial charge in [-0.15, -0.1) is 0 Å². The number of halogens is 1. The van der Waals surface area contributed by atoms with Crippen molar-refractivity contribution in [1.82, 2.24) is 10.3 Å². The third-order valence-electron chi connectivity index (χ3n) is 1.99. The number of hydrogen-bond acceptors (Lipinski definition) is 3. The molecule has 0 saturated carbocycles. The number of nitrogens with one attached hydrogen (secondary N) is 1. The van der Waals surface area contributed by atoms with Crippen molar-refractivity contribution < 1.29 is 9.13 Å². The first kappa shape index (κ1) is 12.1. The van der Waals surface area contributed by atoms with Gasteiger partial charge in [0, 0.05) is 25.4 Å². The lowest BCUT2D eigenvalue weighted by molar-refractivity contribution is 0.127. The van der Waals surface area contributed by atoms with Gasteiger partial charge in [0.05, 0.1) is 12.8 Å². The summed E-state index contributed by atoms with van der Waals surface area (Å²) in [5.74, 6) is -0.299. The van der Waals surface area contributed by atoms with Crippen LogP contribution < -0.4 is 5.32 Å². The third-order valence-corrected chi connectivity index (χ3v) is 1.99. The predicted molar refractivity (Wildman–Crippen MR) is 57.0 cm³/mol. The Bertz CT molecular complexity index is 294. The second kappa shape index (κ2) is 6.48. The SMILES string of the molecule is CCOCC(C)NCc1cncc(F)c1. The number of ether oxygens (including phenoxy) is 1. The zero-order chi connectivity index (χ0) is 11.1. The minimum Gasteiger partial charge on any atom is -0.380 e. The molecule has 1 aromatic rings. The maximum Gasteiger partial charge on any atom is 0.141 e. The molecule has 1 aromatic heterocycles. The monoisotopic (exact) mass is 212 g/mol. The summed E-state index contributed by atoms with van der Waals surface area (Å²) in [4.78, 5) is 3.78. The Morgan fingerprint density at radius 2 is 2.33 bits per heavy atom. The Hall–Kier alpha value is -1.00. The van der Waals surface area contributed by atoms with Crippen LogP contribution in [0.5, 0.6) is 0 Å². The van der Waals surface area contributed by atoms with Crippen molar-refractivity contribution in [3.05, 3.63) is 29.8 Å². The van der Waals surface area contributed by atoms with Gasteiger partial charge in [0.2, 0.25) is 0 Å². The van der Waals surface area contributed by atoms with E-state index in [1.807, 2.05) is 13.8 Å². The molecule has 3 nitrogen and oxygen atoms in total. The van der Waals surface area contributed by atoms with Gasteiger partial charge in [-0.25, -0.2) is 4.39 Å². The topological polar surface area (TPSA) is 34.1 Å². The molecule has 0 amide bonds. The zero-order valence-electron chi connectivity index (χ0n) is 9.16. The highest BCUT2D eigenvalue weighted by molar-refractivity contribution is 5.09. The van der Waals surface area contributed by atoms with E-state index in [2.05, 4.69) is 10.3 Å². The Kier molecular flexibility index (Phi) is 5.21. The third kappa shape index (κ3) is 4.85. The molecule has 84 valence electrons. The normalized spacial score (nSPS) is 12.7. The van der Waals surface area contributed by atoms with E-state index >= 15 is 0 Å². The number of hydrogen-bond donors (Lipinski definition) is 1. The maximum atomic E-state index is 12.8. The van der Waals surface area contributed by atoms with E-state index in [0.29, 0.717) is 19.8 Å². The van der Waals surface area contributed by atoms with Gasteiger partial charge in [0.15, 0.2) is 0 Å². The summed E-state index contributed by atoms with van der Waals surface area (Å²) < 4.78 is 18.0. The van der Waals surface area contributed by atoms with Crippen LogP contribution >= 0.6 is 0 Å². The van der Waals surface area contributed by atoms with Gasteiger partial charge < -0.3 is 10.1 Å². The van der Waals surface area contributed by atoms with Crippen molar-refractivity contribution in [3.8, 4) is 0 Å². The highest BCUT2D eigenvalue weighted by Gasteiger charge is 2.01. The Morgan fingerprint density at radius 1 is 1.53 bits per heavy atom. The van der Waals surface area contributed by atoms with E-state index in [9.17, 15) is 4.39 Å². The molecule has 15 heavy (non-hydrogen) atoms. The summed E-state index contributed by atoms with van der Waals surface area (Å²) in [5, 5.41) is 3.23. The van der Waals surface area contributed by atoms with Crippen molar-refractivity contribution in [1.29, 1.82) is 0 Å². The molecular weight excluding hydrogens is 195 g/mol. The molecule has 0 bridgehead atoms. The minimum absolute atomic E-state index is 0.258. The van der Waals surface area contributed by atoms with Crippen LogP contribution in [0.15, 0.2) is 18.5 Å². The van der Waals surface area contributed by atoms with Crippen LogP contribution in [0.25, 0.3) is 0 Å². The Morgan fingerprint density at radius 3 is 3.00 bits per heavy atom. The van der Waals surface area contributed by atoms with E-state index in [1.54, 1.807) is 6.20 Å². The van der Waals surface area contributed by atoms with Crippen molar-refractivity contribution in [3.63, 3.8) is 0 Å². The van der Waals surface area contributed by atoms with Crippen LogP contribution in [0, 0.1) is 5.82 Å². The smallest absolute Gasteiger partial charge is 0.141 e. The molecule has 1 N–H and O–H groups in total. The highest BCUT2D eigenvalue weighted by Crippen LogP contribution is 2.00. The molecule has 0 aliphatic heterocycles. The van der Waals surface area contributed by atoms with Crippen LogP contribution in [0.4, 0.5) is 4.39 Å². The lowest BCUT2D eigenvalue weighted by atomic mass is 10.2. The van der Waals surface area contributed by atoms with E-state index < -0.39 is 0 Å². The summed E-state index contributed by atoms with van der Waals surface area (Å²) >= 11 is 0. The predicted octanol–water partition coefficient (Wildman–Crippen LogP) is 1.74. The summed E-state index contributed by atoms with van der Waals surface area (Å²) in [6.07, 6.45) is 2.86. The summed E-state index contributed by atoms with van der Waals surface area (Å²) in [5.41, 5.74) is 0.846. The first-order valence-corrected chi connectivity index (χ1v) is 5.13. The quantitative estimate of drug-likeness (QED) is 0.779. The van der Waals surface area contributed by atoms with Gasteiger partial charge in [-0.05, 0) is 25.5 Å². The van der Waals surface area contributed by atoms with Crippen LogP contribution in [-0.4, -0.2) is 24.2 Å². The molecule has 1 rings (SSSR count). The average molecular weight is 212 g/mol. The summed E-state index contributed by atoms with van der Waals surface area (Å²) in [6.45, 7) is 5.98. The van der Waals surface area contributed by atoms with Crippen molar-refractivity contribution in [2.45, 2.75) is 26.4 Å². The highest BCUT2D eigenvalue weighted by atomic mass is 19.1. The van der Waals surface area contributed by atoms with Gasteiger partial charge in [-0.2, -0.15) is 0 Å².